The number of carboxylic acid groups (broad SMARTS) is 1. The van der Waals surface area contributed by atoms with Gasteiger partial charge in [0.25, 0.3) is 0 Å². The van der Waals surface area contributed by atoms with Crippen molar-refractivity contribution in [1.29, 1.82) is 0 Å². The number of halogens is 1. The van der Waals surface area contributed by atoms with Crippen molar-refractivity contribution in [2.45, 2.75) is 25.8 Å². The molecule has 0 aromatic heterocycles. The van der Waals surface area contributed by atoms with Gasteiger partial charge in [-0.3, -0.25) is 14.4 Å². The van der Waals surface area contributed by atoms with Gasteiger partial charge >= 0.3 is 5.97 Å². The summed E-state index contributed by atoms with van der Waals surface area (Å²) in [4.78, 5) is 39.4. The number of carbonyl (C=O) groups is 3. The van der Waals surface area contributed by atoms with Crippen LogP contribution in [-0.2, 0) is 14.4 Å². The van der Waals surface area contributed by atoms with Crippen LogP contribution in [0.3, 0.4) is 0 Å². The monoisotopic (exact) mass is 350 g/mol. The average molecular weight is 351 g/mol. The number of hydrogen-bond donors (Lipinski definition) is 1. The Morgan fingerprint density at radius 1 is 1.29 bits per heavy atom. The molecular formula is C17H19ClN2O4. The number of benzene rings is 1. The topological polar surface area (TPSA) is 77.9 Å². The lowest BCUT2D eigenvalue weighted by atomic mass is 10.0. The molecule has 3 atom stereocenters. The first-order chi connectivity index (χ1) is 11.4. The summed E-state index contributed by atoms with van der Waals surface area (Å²) in [6.45, 7) is 2.46. The fourth-order valence-electron chi connectivity index (χ4n) is 3.59. The van der Waals surface area contributed by atoms with Crippen molar-refractivity contribution in [3.63, 3.8) is 0 Å². The molecule has 0 bridgehead atoms. The van der Waals surface area contributed by atoms with Crippen molar-refractivity contribution in [2.24, 2.45) is 11.8 Å². The van der Waals surface area contributed by atoms with E-state index in [1.165, 1.54) is 0 Å². The van der Waals surface area contributed by atoms with Gasteiger partial charge in [0, 0.05) is 25.6 Å². The Morgan fingerprint density at radius 3 is 2.62 bits per heavy atom. The van der Waals surface area contributed by atoms with Crippen LogP contribution < -0.4 is 4.90 Å². The van der Waals surface area contributed by atoms with E-state index in [2.05, 4.69) is 0 Å². The van der Waals surface area contributed by atoms with Gasteiger partial charge in [-0.2, -0.15) is 0 Å². The second-order valence-electron chi connectivity index (χ2n) is 6.36. The van der Waals surface area contributed by atoms with E-state index in [-0.39, 0.29) is 30.8 Å². The van der Waals surface area contributed by atoms with E-state index >= 15 is 0 Å². The molecule has 3 unspecified atom stereocenters. The highest BCUT2D eigenvalue weighted by Crippen LogP contribution is 2.33. The lowest BCUT2D eigenvalue weighted by molar-refractivity contribution is -0.143. The molecule has 2 fully saturated rings. The predicted octanol–water partition coefficient (Wildman–Crippen LogP) is 2.01. The Bertz CT molecular complexity index is 693. The van der Waals surface area contributed by atoms with E-state index < -0.39 is 17.8 Å². The Kier molecular flexibility index (Phi) is 4.49. The molecule has 128 valence electrons. The largest absolute Gasteiger partial charge is 0.481 e. The van der Waals surface area contributed by atoms with Gasteiger partial charge in [-0.1, -0.05) is 23.7 Å². The quantitative estimate of drug-likeness (QED) is 0.904. The zero-order chi connectivity index (χ0) is 17.4. The molecule has 2 heterocycles. The van der Waals surface area contributed by atoms with Crippen LogP contribution in [0.4, 0.5) is 5.69 Å². The second kappa shape index (κ2) is 6.43. The predicted molar refractivity (Wildman–Crippen MR) is 88.8 cm³/mol. The van der Waals surface area contributed by atoms with Gasteiger partial charge in [0.05, 0.1) is 22.5 Å². The van der Waals surface area contributed by atoms with Gasteiger partial charge in [-0.15, -0.1) is 0 Å². The summed E-state index contributed by atoms with van der Waals surface area (Å²) in [7, 11) is 0. The molecule has 6 nitrogen and oxygen atoms in total. The standard InChI is InChI=1S/C17H19ClN2O4/c1-10-12(17(23)24)6-7-19(10)16(22)11-8-15(21)20(9-11)14-5-3-2-4-13(14)18/h2-5,10-12H,6-9H2,1H3,(H,23,24). The van der Waals surface area contributed by atoms with Crippen LogP contribution in [0.15, 0.2) is 24.3 Å². The molecule has 2 aliphatic rings. The molecular weight excluding hydrogens is 332 g/mol. The van der Waals surface area contributed by atoms with Gasteiger partial charge in [-0.05, 0) is 25.5 Å². The maximum Gasteiger partial charge on any atom is 0.308 e. The van der Waals surface area contributed by atoms with Crippen LogP contribution in [-0.4, -0.2) is 46.9 Å². The Hall–Kier alpha value is -2.08. The Balaban J connectivity index is 1.73. The molecule has 2 amide bonds. The van der Waals surface area contributed by atoms with Crippen LogP contribution in [0.1, 0.15) is 19.8 Å². The Labute approximate surface area is 145 Å². The second-order valence-corrected chi connectivity index (χ2v) is 6.77. The van der Waals surface area contributed by atoms with E-state index in [4.69, 9.17) is 11.6 Å². The highest BCUT2D eigenvalue weighted by Gasteiger charge is 2.43. The molecule has 1 N–H and O–H groups in total. The lowest BCUT2D eigenvalue weighted by Gasteiger charge is -2.26. The first-order valence-corrected chi connectivity index (χ1v) is 8.36. The number of para-hydroxylation sites is 1. The van der Waals surface area contributed by atoms with Gasteiger partial charge in [0.2, 0.25) is 11.8 Å². The smallest absolute Gasteiger partial charge is 0.308 e. The number of aliphatic carboxylic acids is 1. The molecule has 0 saturated carbocycles. The first kappa shape index (κ1) is 16.8. The maximum atomic E-state index is 12.8. The molecule has 2 saturated heterocycles. The van der Waals surface area contributed by atoms with Gasteiger partial charge < -0.3 is 14.9 Å². The van der Waals surface area contributed by atoms with Crippen LogP contribution >= 0.6 is 11.6 Å². The number of carbonyl (C=O) groups excluding carboxylic acids is 2. The normalized spacial score (nSPS) is 26.9. The summed E-state index contributed by atoms with van der Waals surface area (Å²) >= 11 is 6.15. The molecule has 1 aromatic rings. The van der Waals surface area contributed by atoms with Crippen LogP contribution in [0, 0.1) is 11.8 Å². The molecule has 1 aromatic carbocycles. The van der Waals surface area contributed by atoms with Crippen LogP contribution in [0.25, 0.3) is 0 Å². The van der Waals surface area contributed by atoms with Gasteiger partial charge in [-0.25, -0.2) is 0 Å². The van der Waals surface area contributed by atoms with Gasteiger partial charge in [0.15, 0.2) is 0 Å². The zero-order valence-electron chi connectivity index (χ0n) is 13.3. The summed E-state index contributed by atoms with van der Waals surface area (Å²) in [5, 5.41) is 9.67. The number of nitrogens with zero attached hydrogens (tertiary/aromatic N) is 2. The fourth-order valence-corrected chi connectivity index (χ4v) is 3.83. The summed E-state index contributed by atoms with van der Waals surface area (Å²) in [6.07, 6.45) is 0.585. The van der Waals surface area contributed by atoms with Crippen LogP contribution in [0.5, 0.6) is 0 Å². The van der Waals surface area contributed by atoms with Crippen molar-refractivity contribution in [2.75, 3.05) is 18.0 Å². The van der Waals surface area contributed by atoms with Crippen molar-refractivity contribution >= 4 is 35.1 Å². The molecule has 0 radical (unpaired) electrons. The fraction of sp³-hybridized carbons (Fsp3) is 0.471. The highest BCUT2D eigenvalue weighted by molar-refractivity contribution is 6.33. The first-order valence-electron chi connectivity index (χ1n) is 7.98. The van der Waals surface area contributed by atoms with Crippen molar-refractivity contribution in [3.05, 3.63) is 29.3 Å². The van der Waals surface area contributed by atoms with Crippen molar-refractivity contribution in [1.82, 2.24) is 4.90 Å². The minimum absolute atomic E-state index is 0.130. The van der Waals surface area contributed by atoms with E-state index in [0.29, 0.717) is 23.7 Å². The molecule has 2 aliphatic heterocycles. The molecule has 0 spiro atoms. The summed E-state index contributed by atoms with van der Waals surface area (Å²) < 4.78 is 0. The third-order valence-corrected chi connectivity index (χ3v) is 5.29. The maximum absolute atomic E-state index is 12.8. The van der Waals surface area contributed by atoms with E-state index in [1.54, 1.807) is 41.0 Å². The highest BCUT2D eigenvalue weighted by atomic mass is 35.5. The molecule has 3 rings (SSSR count). The minimum atomic E-state index is -0.877. The van der Waals surface area contributed by atoms with Gasteiger partial charge in [0.1, 0.15) is 0 Å². The average Bonchev–Trinajstić information content (AvgIpc) is 3.10. The third-order valence-electron chi connectivity index (χ3n) is 4.97. The lowest BCUT2D eigenvalue weighted by Crippen LogP contribution is -2.41. The number of hydrogen-bond acceptors (Lipinski definition) is 3. The number of carboxylic acids is 1. The number of likely N-dealkylation sites (tertiary alicyclic amines) is 1. The van der Waals surface area contributed by atoms with E-state index in [9.17, 15) is 19.5 Å². The molecule has 7 heteroatoms. The van der Waals surface area contributed by atoms with Crippen LogP contribution in [0.2, 0.25) is 5.02 Å². The minimum Gasteiger partial charge on any atom is -0.481 e. The SMILES string of the molecule is CC1C(C(=O)O)CCN1C(=O)C1CC(=O)N(c2ccccc2Cl)C1. The summed E-state index contributed by atoms with van der Waals surface area (Å²) in [5.74, 6) is -2.15. The van der Waals surface area contributed by atoms with E-state index in [0.717, 1.165) is 0 Å². The number of rotatable bonds is 3. The van der Waals surface area contributed by atoms with Crippen molar-refractivity contribution in [3.8, 4) is 0 Å². The Morgan fingerprint density at radius 2 is 2.00 bits per heavy atom. The molecule has 24 heavy (non-hydrogen) atoms. The number of anilines is 1. The molecule has 0 aliphatic carbocycles. The van der Waals surface area contributed by atoms with Crippen molar-refractivity contribution < 1.29 is 19.5 Å². The summed E-state index contributed by atoms with van der Waals surface area (Å²) in [5.41, 5.74) is 0.609. The van der Waals surface area contributed by atoms with E-state index in [1.807, 2.05) is 0 Å². The third kappa shape index (κ3) is 2.86. The number of amides is 2. The zero-order valence-corrected chi connectivity index (χ0v) is 14.1. The summed E-state index contributed by atoms with van der Waals surface area (Å²) in [6, 6.07) is 6.70.